The maximum absolute atomic E-state index is 13.1. The number of hydrogen-bond acceptors (Lipinski definition) is 2. The Morgan fingerprint density at radius 2 is 1.90 bits per heavy atom. The van der Waals surface area contributed by atoms with E-state index in [1.807, 2.05) is 31.2 Å². The van der Waals surface area contributed by atoms with Gasteiger partial charge in [0.2, 0.25) is 0 Å². The molecule has 0 saturated carbocycles. The Morgan fingerprint density at radius 3 is 2.50 bits per heavy atom. The molecule has 0 aliphatic rings. The van der Waals surface area contributed by atoms with Crippen molar-refractivity contribution in [2.45, 2.75) is 19.9 Å². The molecule has 0 aromatic heterocycles. The van der Waals surface area contributed by atoms with Gasteiger partial charge in [0.25, 0.3) is 0 Å². The summed E-state index contributed by atoms with van der Waals surface area (Å²) in [4.78, 5) is 0. The van der Waals surface area contributed by atoms with Crippen LogP contribution in [0.3, 0.4) is 0 Å². The molecular weight excluding hydrogens is 321 g/mol. The highest BCUT2D eigenvalue weighted by atomic mass is 79.9. The first kappa shape index (κ1) is 14.9. The zero-order valence-corrected chi connectivity index (χ0v) is 13.1. The van der Waals surface area contributed by atoms with Gasteiger partial charge in [-0.2, -0.15) is 0 Å². The summed E-state index contributed by atoms with van der Waals surface area (Å²) in [5, 5.41) is 3.35. The number of anilines is 1. The summed E-state index contributed by atoms with van der Waals surface area (Å²) < 4.78 is 19.2. The Labute approximate surface area is 127 Å². The predicted octanol–water partition coefficient (Wildman–Crippen LogP) is 5.16. The van der Waals surface area contributed by atoms with Crippen LogP contribution in [-0.2, 0) is 0 Å². The van der Waals surface area contributed by atoms with Crippen LogP contribution in [0.2, 0.25) is 0 Å². The molecule has 0 bridgehead atoms. The van der Waals surface area contributed by atoms with Gasteiger partial charge in [-0.25, -0.2) is 4.39 Å². The van der Waals surface area contributed by atoms with E-state index in [0.29, 0.717) is 6.61 Å². The smallest absolute Gasteiger partial charge is 0.124 e. The van der Waals surface area contributed by atoms with Gasteiger partial charge in [-0.15, -0.1) is 0 Å². The van der Waals surface area contributed by atoms with Crippen LogP contribution in [0.1, 0.15) is 25.5 Å². The first-order chi connectivity index (χ1) is 9.60. The second kappa shape index (κ2) is 6.75. The number of nitrogens with one attached hydrogen (secondary N) is 1. The van der Waals surface area contributed by atoms with E-state index in [2.05, 4.69) is 28.2 Å². The Kier molecular flexibility index (Phi) is 5.01. The molecule has 2 rings (SSSR count). The minimum Gasteiger partial charge on any atom is -0.494 e. The van der Waals surface area contributed by atoms with E-state index in [1.54, 1.807) is 6.07 Å². The van der Waals surface area contributed by atoms with Crippen LogP contribution in [0.5, 0.6) is 5.75 Å². The highest BCUT2D eigenvalue weighted by Crippen LogP contribution is 2.27. The minimum atomic E-state index is -0.254. The van der Waals surface area contributed by atoms with Crippen LogP contribution in [0, 0.1) is 5.82 Å². The van der Waals surface area contributed by atoms with E-state index < -0.39 is 0 Å². The summed E-state index contributed by atoms with van der Waals surface area (Å²) in [7, 11) is 0. The van der Waals surface area contributed by atoms with Crippen LogP contribution in [0.25, 0.3) is 0 Å². The molecule has 1 atom stereocenters. The summed E-state index contributed by atoms with van der Waals surface area (Å²) in [5.74, 6) is 0.613. The third-order valence-electron chi connectivity index (χ3n) is 2.99. The first-order valence-corrected chi connectivity index (χ1v) is 7.33. The van der Waals surface area contributed by atoms with Crippen molar-refractivity contribution >= 4 is 21.6 Å². The van der Waals surface area contributed by atoms with Crippen LogP contribution >= 0.6 is 15.9 Å². The molecule has 0 amide bonds. The third kappa shape index (κ3) is 3.73. The van der Waals surface area contributed by atoms with E-state index in [-0.39, 0.29) is 11.9 Å². The Balaban J connectivity index is 2.09. The number of hydrogen-bond donors (Lipinski definition) is 1. The normalized spacial score (nSPS) is 12.0. The summed E-state index contributed by atoms with van der Waals surface area (Å²) in [5.41, 5.74) is 2.01. The molecule has 2 nitrogen and oxygen atoms in total. The summed E-state index contributed by atoms with van der Waals surface area (Å²) in [6.07, 6.45) is 0. The maximum atomic E-state index is 13.1. The van der Waals surface area contributed by atoms with Crippen molar-refractivity contribution in [1.29, 1.82) is 0 Å². The van der Waals surface area contributed by atoms with Crippen molar-refractivity contribution in [2.75, 3.05) is 11.9 Å². The highest BCUT2D eigenvalue weighted by molar-refractivity contribution is 9.10. The van der Waals surface area contributed by atoms with Gasteiger partial charge in [0.15, 0.2) is 0 Å². The SMILES string of the molecule is CCOc1ccc(C(C)Nc2ccc(F)cc2Br)cc1. The molecule has 0 heterocycles. The van der Waals surface area contributed by atoms with Gasteiger partial charge in [0.05, 0.1) is 6.61 Å². The molecule has 0 radical (unpaired) electrons. The zero-order valence-electron chi connectivity index (χ0n) is 11.5. The zero-order chi connectivity index (χ0) is 14.5. The lowest BCUT2D eigenvalue weighted by atomic mass is 10.1. The molecule has 0 aliphatic heterocycles. The van der Waals surface area contributed by atoms with Crippen molar-refractivity contribution in [3.8, 4) is 5.75 Å². The quantitative estimate of drug-likeness (QED) is 0.813. The van der Waals surface area contributed by atoms with Crippen LogP contribution in [0.4, 0.5) is 10.1 Å². The van der Waals surface area contributed by atoms with Crippen LogP contribution in [-0.4, -0.2) is 6.61 Å². The third-order valence-corrected chi connectivity index (χ3v) is 3.65. The molecule has 20 heavy (non-hydrogen) atoms. The number of rotatable bonds is 5. The first-order valence-electron chi connectivity index (χ1n) is 6.54. The van der Waals surface area contributed by atoms with Crippen molar-refractivity contribution in [3.63, 3.8) is 0 Å². The lowest BCUT2D eigenvalue weighted by molar-refractivity contribution is 0.340. The molecule has 4 heteroatoms. The number of halogens is 2. The van der Waals surface area contributed by atoms with Gasteiger partial charge in [-0.05, 0) is 65.7 Å². The molecule has 106 valence electrons. The van der Waals surface area contributed by atoms with E-state index >= 15 is 0 Å². The van der Waals surface area contributed by atoms with Crippen LogP contribution < -0.4 is 10.1 Å². The van der Waals surface area contributed by atoms with Gasteiger partial charge < -0.3 is 10.1 Å². The van der Waals surface area contributed by atoms with Gasteiger partial charge >= 0.3 is 0 Å². The maximum Gasteiger partial charge on any atom is 0.124 e. The molecule has 2 aromatic rings. The van der Waals surface area contributed by atoms with Crippen molar-refractivity contribution < 1.29 is 9.13 Å². The Hall–Kier alpha value is -1.55. The highest BCUT2D eigenvalue weighted by Gasteiger charge is 2.08. The average molecular weight is 338 g/mol. The lowest BCUT2D eigenvalue weighted by Crippen LogP contribution is -2.07. The van der Waals surface area contributed by atoms with Crippen molar-refractivity contribution in [1.82, 2.24) is 0 Å². The number of ether oxygens (including phenoxy) is 1. The number of benzene rings is 2. The molecule has 1 unspecified atom stereocenters. The van der Waals surface area contributed by atoms with Gasteiger partial charge in [0.1, 0.15) is 11.6 Å². The average Bonchev–Trinajstić information content (AvgIpc) is 2.43. The Morgan fingerprint density at radius 1 is 1.20 bits per heavy atom. The molecular formula is C16H17BrFNO. The van der Waals surface area contributed by atoms with E-state index in [0.717, 1.165) is 21.5 Å². The van der Waals surface area contributed by atoms with E-state index in [4.69, 9.17) is 4.74 Å². The molecule has 0 aliphatic carbocycles. The fourth-order valence-corrected chi connectivity index (χ4v) is 2.41. The fourth-order valence-electron chi connectivity index (χ4n) is 1.94. The fraction of sp³-hybridized carbons (Fsp3) is 0.250. The monoisotopic (exact) mass is 337 g/mol. The standard InChI is InChI=1S/C16H17BrFNO/c1-3-20-14-7-4-12(5-8-14)11(2)19-16-9-6-13(18)10-15(16)17/h4-11,19H,3H2,1-2H3. The molecule has 1 N–H and O–H groups in total. The van der Waals surface area contributed by atoms with E-state index in [9.17, 15) is 4.39 Å². The van der Waals surface area contributed by atoms with Crippen molar-refractivity contribution in [2.24, 2.45) is 0 Å². The molecule has 0 saturated heterocycles. The van der Waals surface area contributed by atoms with Gasteiger partial charge in [-0.1, -0.05) is 12.1 Å². The summed E-state index contributed by atoms with van der Waals surface area (Å²) >= 11 is 3.36. The topological polar surface area (TPSA) is 21.3 Å². The second-order valence-electron chi connectivity index (χ2n) is 4.49. The lowest BCUT2D eigenvalue weighted by Gasteiger charge is -2.17. The molecule has 0 spiro atoms. The van der Waals surface area contributed by atoms with Gasteiger partial charge in [0, 0.05) is 16.2 Å². The predicted molar refractivity (Wildman–Crippen MR) is 83.7 cm³/mol. The second-order valence-corrected chi connectivity index (χ2v) is 5.35. The van der Waals surface area contributed by atoms with Crippen LogP contribution in [0.15, 0.2) is 46.9 Å². The Bertz CT molecular complexity index is 571. The van der Waals surface area contributed by atoms with E-state index in [1.165, 1.54) is 12.1 Å². The van der Waals surface area contributed by atoms with Gasteiger partial charge in [-0.3, -0.25) is 0 Å². The summed E-state index contributed by atoms with van der Waals surface area (Å²) in [6, 6.07) is 12.7. The van der Waals surface area contributed by atoms with Crippen molar-refractivity contribution in [3.05, 3.63) is 58.3 Å². The molecule has 2 aromatic carbocycles. The largest absolute Gasteiger partial charge is 0.494 e. The summed E-state index contributed by atoms with van der Waals surface area (Å²) in [6.45, 7) is 4.69. The molecule has 0 fully saturated rings. The minimum absolute atomic E-state index is 0.118.